The van der Waals surface area contributed by atoms with E-state index in [0.717, 1.165) is 10.9 Å². The number of aryl methyl sites for hydroxylation is 1. The summed E-state index contributed by atoms with van der Waals surface area (Å²) in [6.45, 7) is 0.107. The number of carbonyl (C=O) groups excluding carboxylic acids is 1. The number of carbonyl (C=O) groups is 2. The number of benzene rings is 1. The molecule has 6 nitrogen and oxygen atoms in total. The average Bonchev–Trinajstić information content (AvgIpc) is 2.76. The van der Waals surface area contributed by atoms with Crippen molar-refractivity contribution in [3.8, 4) is 0 Å². The number of fused-ring (bicyclic) bond motifs is 1. The summed E-state index contributed by atoms with van der Waals surface area (Å²) in [6.07, 6.45) is 0.252. The lowest BCUT2D eigenvalue weighted by molar-refractivity contribution is -0.146. The third-order valence-electron chi connectivity index (χ3n) is 3.13. The van der Waals surface area contributed by atoms with Crippen LogP contribution in [-0.4, -0.2) is 39.3 Å². The molecular weight excluding hydrogens is 260 g/mol. The molecule has 0 saturated carbocycles. The van der Waals surface area contributed by atoms with Crippen molar-refractivity contribution in [2.45, 2.75) is 12.5 Å². The fourth-order valence-corrected chi connectivity index (χ4v) is 2.06. The quantitative estimate of drug-likeness (QED) is 0.751. The summed E-state index contributed by atoms with van der Waals surface area (Å²) in [5, 5.41) is 21.1. The number of rotatable bonds is 5. The van der Waals surface area contributed by atoms with E-state index in [2.05, 4.69) is 5.32 Å². The second kappa shape index (κ2) is 5.75. The minimum atomic E-state index is -1.46. The lowest BCUT2D eigenvalue weighted by atomic mass is 10.1. The van der Waals surface area contributed by atoms with Crippen molar-refractivity contribution in [1.29, 1.82) is 0 Å². The molecule has 0 spiro atoms. The molecule has 1 amide bonds. The first-order valence-electron chi connectivity index (χ1n) is 6.24. The molecule has 1 atom stereocenters. The molecule has 1 aromatic heterocycles. The molecule has 0 aliphatic heterocycles. The monoisotopic (exact) mass is 276 g/mol. The summed E-state index contributed by atoms with van der Waals surface area (Å²) in [7, 11) is 1.85. The van der Waals surface area contributed by atoms with E-state index in [9.17, 15) is 9.59 Å². The van der Waals surface area contributed by atoms with Gasteiger partial charge in [0.05, 0.1) is 5.56 Å². The first-order chi connectivity index (χ1) is 9.50. The van der Waals surface area contributed by atoms with Gasteiger partial charge in [-0.15, -0.1) is 0 Å². The molecule has 0 unspecified atom stereocenters. The Labute approximate surface area is 115 Å². The highest BCUT2D eigenvalue weighted by Crippen LogP contribution is 2.19. The third kappa shape index (κ3) is 2.80. The van der Waals surface area contributed by atoms with Crippen molar-refractivity contribution < 1.29 is 19.8 Å². The maximum atomic E-state index is 12.1. The molecule has 0 saturated heterocycles. The van der Waals surface area contributed by atoms with Gasteiger partial charge in [0, 0.05) is 37.1 Å². The zero-order valence-corrected chi connectivity index (χ0v) is 11.0. The second-order valence-electron chi connectivity index (χ2n) is 4.57. The van der Waals surface area contributed by atoms with Gasteiger partial charge in [0.15, 0.2) is 6.10 Å². The van der Waals surface area contributed by atoms with E-state index in [0.29, 0.717) is 5.56 Å². The van der Waals surface area contributed by atoms with Gasteiger partial charge < -0.3 is 20.1 Å². The number of hydrogen-bond donors (Lipinski definition) is 3. The Morgan fingerprint density at radius 1 is 1.35 bits per heavy atom. The fourth-order valence-electron chi connectivity index (χ4n) is 2.06. The van der Waals surface area contributed by atoms with Gasteiger partial charge in [0.2, 0.25) is 0 Å². The average molecular weight is 276 g/mol. The molecule has 6 heteroatoms. The van der Waals surface area contributed by atoms with Crippen LogP contribution in [0.15, 0.2) is 30.5 Å². The lowest BCUT2D eigenvalue weighted by Gasteiger charge is -2.06. The molecule has 1 aromatic carbocycles. The standard InChI is InChI=1S/C14H16N2O4/c1-16-8-10(9-4-2-3-5-11(9)16)13(18)15-7-6-12(17)14(19)20/h2-5,8,12,17H,6-7H2,1H3,(H,15,18)(H,19,20)/t12-/m0/s1. The first kappa shape index (κ1) is 14.1. The summed E-state index contributed by atoms with van der Waals surface area (Å²) in [4.78, 5) is 22.5. The molecule has 0 bridgehead atoms. The number of nitrogens with zero attached hydrogens (tertiary/aromatic N) is 1. The van der Waals surface area contributed by atoms with Crippen LogP contribution in [-0.2, 0) is 11.8 Å². The van der Waals surface area contributed by atoms with E-state index in [-0.39, 0.29) is 18.9 Å². The highest BCUT2D eigenvalue weighted by Gasteiger charge is 2.15. The molecule has 106 valence electrons. The van der Waals surface area contributed by atoms with Crippen LogP contribution in [0.3, 0.4) is 0 Å². The van der Waals surface area contributed by atoms with Gasteiger partial charge in [-0.25, -0.2) is 4.79 Å². The Morgan fingerprint density at radius 3 is 2.75 bits per heavy atom. The number of amides is 1. The van der Waals surface area contributed by atoms with E-state index in [1.165, 1.54) is 0 Å². The van der Waals surface area contributed by atoms with Crippen LogP contribution in [0.1, 0.15) is 16.8 Å². The second-order valence-corrected chi connectivity index (χ2v) is 4.57. The summed E-state index contributed by atoms with van der Waals surface area (Å²) in [5.74, 6) is -1.57. The number of carboxylic acid groups (broad SMARTS) is 1. The predicted octanol–water partition coefficient (Wildman–Crippen LogP) is 0.744. The molecule has 0 radical (unpaired) electrons. The number of aliphatic hydroxyl groups is 1. The highest BCUT2D eigenvalue weighted by molar-refractivity contribution is 6.06. The van der Waals surface area contributed by atoms with Crippen LogP contribution >= 0.6 is 0 Å². The molecule has 0 fully saturated rings. The van der Waals surface area contributed by atoms with E-state index >= 15 is 0 Å². The first-order valence-corrected chi connectivity index (χ1v) is 6.24. The fraction of sp³-hybridized carbons (Fsp3) is 0.286. The Kier molecular flexibility index (Phi) is 4.05. The number of para-hydroxylation sites is 1. The Bertz CT molecular complexity index is 648. The van der Waals surface area contributed by atoms with Gasteiger partial charge >= 0.3 is 5.97 Å². The SMILES string of the molecule is Cn1cc(C(=O)NCC[C@H](O)C(=O)O)c2ccccc21. The molecule has 2 aromatic rings. The number of aliphatic hydroxyl groups excluding tert-OH is 1. The summed E-state index contributed by atoms with van der Waals surface area (Å²) in [6, 6.07) is 7.52. The molecule has 0 aliphatic rings. The zero-order chi connectivity index (χ0) is 14.7. The topological polar surface area (TPSA) is 91.6 Å². The van der Waals surface area contributed by atoms with Gasteiger partial charge in [0.1, 0.15) is 0 Å². The van der Waals surface area contributed by atoms with Crippen LogP contribution in [0, 0.1) is 0 Å². The van der Waals surface area contributed by atoms with E-state index in [1.807, 2.05) is 35.9 Å². The van der Waals surface area contributed by atoms with Crippen LogP contribution in [0.4, 0.5) is 0 Å². The summed E-state index contributed by atoms with van der Waals surface area (Å²) in [5.41, 5.74) is 1.48. The van der Waals surface area contributed by atoms with Crippen molar-refractivity contribution in [2.24, 2.45) is 7.05 Å². The number of hydrogen-bond acceptors (Lipinski definition) is 3. The van der Waals surface area contributed by atoms with E-state index in [4.69, 9.17) is 10.2 Å². The molecule has 0 aliphatic carbocycles. The van der Waals surface area contributed by atoms with Gasteiger partial charge in [0.25, 0.3) is 5.91 Å². The van der Waals surface area contributed by atoms with Gasteiger partial charge in [-0.2, -0.15) is 0 Å². The van der Waals surface area contributed by atoms with Crippen molar-refractivity contribution in [3.63, 3.8) is 0 Å². The maximum Gasteiger partial charge on any atom is 0.332 e. The smallest absolute Gasteiger partial charge is 0.332 e. The molecule has 2 rings (SSSR count). The van der Waals surface area contributed by atoms with Gasteiger partial charge in [-0.1, -0.05) is 18.2 Å². The third-order valence-corrected chi connectivity index (χ3v) is 3.13. The van der Waals surface area contributed by atoms with Crippen LogP contribution in [0.5, 0.6) is 0 Å². The molecule has 3 N–H and O–H groups in total. The van der Waals surface area contributed by atoms with Crippen molar-refractivity contribution >= 4 is 22.8 Å². The number of nitrogens with one attached hydrogen (secondary N) is 1. The Morgan fingerprint density at radius 2 is 2.05 bits per heavy atom. The van der Waals surface area contributed by atoms with E-state index < -0.39 is 12.1 Å². The largest absolute Gasteiger partial charge is 0.479 e. The molecule has 1 heterocycles. The molecule has 20 heavy (non-hydrogen) atoms. The summed E-state index contributed by atoms with van der Waals surface area (Å²) >= 11 is 0. The van der Waals surface area contributed by atoms with Crippen LogP contribution < -0.4 is 5.32 Å². The van der Waals surface area contributed by atoms with Crippen molar-refractivity contribution in [3.05, 3.63) is 36.0 Å². The maximum absolute atomic E-state index is 12.1. The molecular formula is C14H16N2O4. The van der Waals surface area contributed by atoms with Gasteiger partial charge in [-0.3, -0.25) is 4.79 Å². The minimum Gasteiger partial charge on any atom is -0.479 e. The number of aliphatic carboxylic acids is 1. The number of aromatic nitrogens is 1. The lowest BCUT2D eigenvalue weighted by Crippen LogP contribution is -2.29. The van der Waals surface area contributed by atoms with Crippen molar-refractivity contribution in [1.82, 2.24) is 9.88 Å². The van der Waals surface area contributed by atoms with Crippen LogP contribution in [0.25, 0.3) is 10.9 Å². The summed E-state index contributed by atoms with van der Waals surface area (Å²) < 4.78 is 1.86. The number of carboxylic acids is 1. The van der Waals surface area contributed by atoms with Gasteiger partial charge in [-0.05, 0) is 6.07 Å². The zero-order valence-electron chi connectivity index (χ0n) is 11.0. The highest BCUT2D eigenvalue weighted by atomic mass is 16.4. The Hall–Kier alpha value is -2.34. The minimum absolute atomic E-state index is 0.0220. The Balaban J connectivity index is 2.07. The normalized spacial score (nSPS) is 12.3. The predicted molar refractivity (Wildman–Crippen MR) is 73.5 cm³/mol. The van der Waals surface area contributed by atoms with Crippen molar-refractivity contribution in [2.75, 3.05) is 6.54 Å². The van der Waals surface area contributed by atoms with Crippen LogP contribution in [0.2, 0.25) is 0 Å². The van der Waals surface area contributed by atoms with E-state index in [1.54, 1.807) is 6.20 Å².